The SMILES string of the molecule is Cc1cc(C(F)(F)F)ccc1C(=O)CC(=O)C1CC1. The first-order valence-corrected chi connectivity index (χ1v) is 6.03. The Kier molecular flexibility index (Phi) is 3.47. The number of hydrogen-bond acceptors (Lipinski definition) is 2. The van der Waals surface area contributed by atoms with Crippen molar-refractivity contribution in [2.75, 3.05) is 0 Å². The van der Waals surface area contributed by atoms with Crippen molar-refractivity contribution in [3.8, 4) is 0 Å². The molecule has 0 aliphatic heterocycles. The Bertz CT molecular complexity index is 528. The highest BCUT2D eigenvalue weighted by Crippen LogP contribution is 2.32. The second-order valence-electron chi connectivity index (χ2n) is 4.87. The quantitative estimate of drug-likeness (QED) is 0.619. The average Bonchev–Trinajstić information content (AvgIpc) is 3.10. The highest BCUT2D eigenvalue weighted by molar-refractivity contribution is 6.09. The van der Waals surface area contributed by atoms with E-state index in [-0.39, 0.29) is 29.2 Å². The highest BCUT2D eigenvalue weighted by Gasteiger charge is 2.33. The van der Waals surface area contributed by atoms with Crippen molar-refractivity contribution in [2.24, 2.45) is 5.92 Å². The third-order valence-corrected chi connectivity index (χ3v) is 3.22. The van der Waals surface area contributed by atoms with E-state index in [0.717, 1.165) is 31.0 Å². The van der Waals surface area contributed by atoms with Crippen LogP contribution in [0, 0.1) is 12.8 Å². The van der Waals surface area contributed by atoms with Crippen molar-refractivity contribution < 1.29 is 22.8 Å². The summed E-state index contributed by atoms with van der Waals surface area (Å²) < 4.78 is 37.5. The van der Waals surface area contributed by atoms with Gasteiger partial charge in [0.05, 0.1) is 12.0 Å². The number of hydrogen-bond donors (Lipinski definition) is 0. The standard InChI is InChI=1S/C14H13F3O2/c1-8-6-10(14(15,16)17)4-5-11(8)13(19)7-12(18)9-2-3-9/h4-6,9H,2-3,7H2,1H3. The van der Waals surface area contributed by atoms with Gasteiger partial charge in [0.15, 0.2) is 5.78 Å². The molecule has 0 N–H and O–H groups in total. The second kappa shape index (κ2) is 4.79. The molecule has 0 radical (unpaired) electrons. The van der Waals surface area contributed by atoms with E-state index >= 15 is 0 Å². The molecule has 1 aliphatic rings. The van der Waals surface area contributed by atoms with E-state index < -0.39 is 17.5 Å². The molecule has 1 aliphatic carbocycles. The Hall–Kier alpha value is -1.65. The minimum absolute atomic E-state index is 0.0151. The van der Waals surface area contributed by atoms with Crippen LogP contribution in [-0.2, 0) is 11.0 Å². The number of aryl methyl sites for hydroxylation is 1. The molecule has 102 valence electrons. The topological polar surface area (TPSA) is 34.1 Å². The first-order valence-electron chi connectivity index (χ1n) is 6.03. The summed E-state index contributed by atoms with van der Waals surface area (Å²) in [7, 11) is 0. The zero-order valence-corrected chi connectivity index (χ0v) is 10.4. The molecular formula is C14H13F3O2. The predicted octanol–water partition coefficient (Wildman–Crippen LogP) is 3.57. The van der Waals surface area contributed by atoms with Gasteiger partial charge < -0.3 is 0 Å². The molecule has 1 fully saturated rings. The Balaban J connectivity index is 2.16. The molecule has 1 saturated carbocycles. The van der Waals surface area contributed by atoms with E-state index in [1.54, 1.807) is 0 Å². The largest absolute Gasteiger partial charge is 0.416 e. The van der Waals surface area contributed by atoms with Crippen LogP contribution in [0.15, 0.2) is 18.2 Å². The van der Waals surface area contributed by atoms with Gasteiger partial charge in [-0.3, -0.25) is 9.59 Å². The monoisotopic (exact) mass is 270 g/mol. The zero-order chi connectivity index (χ0) is 14.2. The normalized spacial score (nSPS) is 15.4. The number of alkyl halides is 3. The highest BCUT2D eigenvalue weighted by atomic mass is 19.4. The summed E-state index contributed by atoms with van der Waals surface area (Å²) in [6, 6.07) is 2.97. The Morgan fingerprint density at radius 3 is 2.37 bits per heavy atom. The summed E-state index contributed by atoms with van der Waals surface area (Å²) in [5.41, 5.74) is -0.333. The third-order valence-electron chi connectivity index (χ3n) is 3.22. The molecule has 0 atom stereocenters. The number of carbonyl (C=O) groups excluding carboxylic acids is 2. The van der Waals surface area contributed by atoms with Crippen molar-refractivity contribution in [1.82, 2.24) is 0 Å². The van der Waals surface area contributed by atoms with E-state index in [4.69, 9.17) is 0 Å². The number of ketones is 2. The van der Waals surface area contributed by atoms with Crippen LogP contribution in [0.4, 0.5) is 13.2 Å². The van der Waals surface area contributed by atoms with Crippen LogP contribution in [0.2, 0.25) is 0 Å². The van der Waals surface area contributed by atoms with Gasteiger partial charge in [-0.1, -0.05) is 6.07 Å². The molecule has 1 aromatic carbocycles. The Morgan fingerprint density at radius 1 is 1.26 bits per heavy atom. The number of carbonyl (C=O) groups is 2. The van der Waals surface area contributed by atoms with Crippen LogP contribution in [0.25, 0.3) is 0 Å². The lowest BCUT2D eigenvalue weighted by Gasteiger charge is -2.10. The van der Waals surface area contributed by atoms with Crippen LogP contribution in [-0.4, -0.2) is 11.6 Å². The molecule has 0 heterocycles. The van der Waals surface area contributed by atoms with E-state index in [2.05, 4.69) is 0 Å². The average molecular weight is 270 g/mol. The molecule has 2 nitrogen and oxygen atoms in total. The summed E-state index contributed by atoms with van der Waals surface area (Å²) in [6.45, 7) is 1.45. The summed E-state index contributed by atoms with van der Waals surface area (Å²) in [4.78, 5) is 23.4. The first-order chi connectivity index (χ1) is 8.79. The minimum Gasteiger partial charge on any atom is -0.299 e. The lowest BCUT2D eigenvalue weighted by atomic mass is 9.98. The summed E-state index contributed by atoms with van der Waals surface area (Å²) in [6.07, 6.45) is -3.00. The molecule has 0 aromatic heterocycles. The van der Waals surface area contributed by atoms with Crippen LogP contribution in [0.3, 0.4) is 0 Å². The first kappa shape index (κ1) is 13.8. The van der Waals surface area contributed by atoms with Crippen LogP contribution < -0.4 is 0 Å². The molecule has 1 aromatic rings. The molecular weight excluding hydrogens is 257 g/mol. The summed E-state index contributed by atoms with van der Waals surface area (Å²) in [5, 5.41) is 0. The maximum atomic E-state index is 12.5. The molecule has 5 heteroatoms. The van der Waals surface area contributed by atoms with Gasteiger partial charge in [-0.2, -0.15) is 13.2 Å². The maximum absolute atomic E-state index is 12.5. The zero-order valence-electron chi connectivity index (χ0n) is 10.4. The van der Waals surface area contributed by atoms with Crippen molar-refractivity contribution in [3.05, 3.63) is 34.9 Å². The predicted molar refractivity (Wildman–Crippen MR) is 62.9 cm³/mol. The van der Waals surface area contributed by atoms with E-state index in [0.29, 0.717) is 0 Å². The number of rotatable bonds is 4. The third kappa shape index (κ3) is 3.22. The molecule has 0 bridgehead atoms. The molecule has 0 spiro atoms. The van der Waals surface area contributed by atoms with E-state index in [1.807, 2.05) is 0 Å². The van der Waals surface area contributed by atoms with Crippen molar-refractivity contribution in [1.29, 1.82) is 0 Å². The minimum atomic E-state index is -4.42. The molecule has 19 heavy (non-hydrogen) atoms. The fourth-order valence-corrected chi connectivity index (χ4v) is 1.96. The van der Waals surface area contributed by atoms with Gasteiger partial charge in [0.25, 0.3) is 0 Å². The summed E-state index contributed by atoms with van der Waals surface area (Å²) in [5.74, 6) is -0.522. The van der Waals surface area contributed by atoms with E-state index in [9.17, 15) is 22.8 Å². The lowest BCUT2D eigenvalue weighted by molar-refractivity contribution is -0.137. The van der Waals surface area contributed by atoms with Gasteiger partial charge in [0, 0.05) is 11.5 Å². The van der Waals surface area contributed by atoms with Crippen LogP contribution >= 0.6 is 0 Å². The molecule has 0 amide bonds. The fourth-order valence-electron chi connectivity index (χ4n) is 1.96. The van der Waals surface area contributed by atoms with Gasteiger partial charge >= 0.3 is 6.18 Å². The number of benzene rings is 1. The molecule has 2 rings (SSSR count). The molecule has 0 unspecified atom stereocenters. The smallest absolute Gasteiger partial charge is 0.299 e. The van der Waals surface area contributed by atoms with Crippen LogP contribution in [0.5, 0.6) is 0 Å². The summed E-state index contributed by atoms with van der Waals surface area (Å²) >= 11 is 0. The maximum Gasteiger partial charge on any atom is 0.416 e. The van der Waals surface area contributed by atoms with Gasteiger partial charge in [0.2, 0.25) is 0 Å². The number of Topliss-reactive ketones (excluding diaryl/α,β-unsaturated/α-hetero) is 2. The van der Waals surface area contributed by atoms with Gasteiger partial charge in [0.1, 0.15) is 5.78 Å². The lowest BCUT2D eigenvalue weighted by Crippen LogP contribution is -2.12. The van der Waals surface area contributed by atoms with Crippen molar-refractivity contribution >= 4 is 11.6 Å². The van der Waals surface area contributed by atoms with Crippen molar-refractivity contribution in [2.45, 2.75) is 32.4 Å². The second-order valence-corrected chi connectivity index (χ2v) is 4.87. The van der Waals surface area contributed by atoms with Gasteiger partial charge in [-0.05, 0) is 37.5 Å². The van der Waals surface area contributed by atoms with Crippen molar-refractivity contribution in [3.63, 3.8) is 0 Å². The Labute approximate surface area is 108 Å². The number of halogens is 3. The van der Waals surface area contributed by atoms with E-state index in [1.165, 1.54) is 6.92 Å². The molecule has 0 saturated heterocycles. The Morgan fingerprint density at radius 2 is 1.89 bits per heavy atom. The van der Waals surface area contributed by atoms with Crippen LogP contribution in [0.1, 0.15) is 40.7 Å². The van der Waals surface area contributed by atoms with Gasteiger partial charge in [-0.15, -0.1) is 0 Å². The fraction of sp³-hybridized carbons (Fsp3) is 0.429. The van der Waals surface area contributed by atoms with Gasteiger partial charge in [-0.25, -0.2) is 0 Å².